The molecule has 1 aromatic rings. The summed E-state index contributed by atoms with van der Waals surface area (Å²) < 4.78 is 0. The van der Waals surface area contributed by atoms with Crippen molar-refractivity contribution in [2.24, 2.45) is 0 Å². The van der Waals surface area contributed by atoms with E-state index in [9.17, 15) is 9.59 Å². The molecule has 3 amide bonds. The Kier molecular flexibility index (Phi) is 7.13. The predicted molar refractivity (Wildman–Crippen MR) is 108 cm³/mol. The summed E-state index contributed by atoms with van der Waals surface area (Å²) in [6.45, 7) is 5.22. The smallest absolute Gasteiger partial charge is 0.317 e. The van der Waals surface area contributed by atoms with Crippen molar-refractivity contribution in [3.05, 3.63) is 35.4 Å². The minimum Gasteiger partial charge on any atom is -0.339 e. The van der Waals surface area contributed by atoms with E-state index >= 15 is 0 Å². The van der Waals surface area contributed by atoms with E-state index in [1.54, 1.807) is 4.90 Å². The van der Waals surface area contributed by atoms with E-state index in [0.717, 1.165) is 12.0 Å². The maximum atomic E-state index is 12.6. The monoisotopic (exact) mass is 371 g/mol. The molecule has 0 radical (unpaired) electrons. The summed E-state index contributed by atoms with van der Waals surface area (Å²) in [5.74, 6) is 0.865. The summed E-state index contributed by atoms with van der Waals surface area (Å²) in [5.41, 5.74) is 2.51. The zero-order chi connectivity index (χ0) is 19.1. The number of carbonyl (C=O) groups excluding carboxylic acids is 2. The Morgan fingerprint density at radius 2 is 1.59 bits per heavy atom. The first-order chi connectivity index (χ1) is 13.2. The van der Waals surface area contributed by atoms with Gasteiger partial charge in [-0.25, -0.2) is 4.79 Å². The van der Waals surface area contributed by atoms with Crippen LogP contribution in [0.4, 0.5) is 4.79 Å². The Labute approximate surface area is 163 Å². The van der Waals surface area contributed by atoms with Crippen LogP contribution in [0.5, 0.6) is 0 Å². The van der Waals surface area contributed by atoms with Gasteiger partial charge in [0.15, 0.2) is 0 Å². The molecular weight excluding hydrogens is 338 g/mol. The fourth-order valence-electron chi connectivity index (χ4n) is 4.13. The van der Waals surface area contributed by atoms with Crippen LogP contribution in [0.25, 0.3) is 0 Å². The number of nitrogens with zero attached hydrogens (tertiary/aromatic N) is 2. The lowest BCUT2D eigenvalue weighted by Crippen LogP contribution is -2.53. The molecule has 2 fully saturated rings. The number of hydrogen-bond acceptors (Lipinski definition) is 2. The first-order valence-corrected chi connectivity index (χ1v) is 10.6. The summed E-state index contributed by atoms with van der Waals surface area (Å²) in [7, 11) is 0. The zero-order valence-electron chi connectivity index (χ0n) is 16.6. The highest BCUT2D eigenvalue weighted by atomic mass is 16.2. The molecule has 1 aliphatic heterocycles. The second-order valence-electron chi connectivity index (χ2n) is 7.85. The minimum absolute atomic E-state index is 0.0118. The molecular formula is C22H33N3O2. The molecule has 2 aliphatic rings. The predicted octanol–water partition coefficient (Wildman–Crippen LogP) is 3.54. The highest BCUT2D eigenvalue weighted by Crippen LogP contribution is 2.32. The van der Waals surface area contributed by atoms with Crippen LogP contribution in [0, 0.1) is 0 Å². The van der Waals surface area contributed by atoms with Crippen molar-refractivity contribution in [1.82, 2.24) is 15.1 Å². The van der Waals surface area contributed by atoms with E-state index in [1.165, 1.54) is 37.7 Å². The topological polar surface area (TPSA) is 52.7 Å². The van der Waals surface area contributed by atoms with E-state index in [-0.39, 0.29) is 11.9 Å². The molecule has 0 aromatic heterocycles. The van der Waals surface area contributed by atoms with Crippen molar-refractivity contribution < 1.29 is 9.59 Å². The van der Waals surface area contributed by atoms with Gasteiger partial charge in [-0.2, -0.15) is 0 Å². The number of nitrogens with one attached hydrogen (secondary N) is 1. The van der Waals surface area contributed by atoms with Gasteiger partial charge in [-0.05, 0) is 36.3 Å². The summed E-state index contributed by atoms with van der Waals surface area (Å²) >= 11 is 0. The van der Waals surface area contributed by atoms with Gasteiger partial charge in [0.25, 0.3) is 0 Å². The molecule has 3 rings (SSSR count). The Bertz CT molecular complexity index is 615. The molecule has 0 bridgehead atoms. The SMILES string of the molecule is CCCNC(=O)N1CCN(C(=O)Cc2ccc(C3CCCCC3)cc2)CC1. The maximum Gasteiger partial charge on any atom is 0.317 e. The van der Waals surface area contributed by atoms with E-state index < -0.39 is 0 Å². The number of hydrogen-bond donors (Lipinski definition) is 1. The highest BCUT2D eigenvalue weighted by molar-refractivity contribution is 5.79. The number of piperazine rings is 1. The Balaban J connectivity index is 1.46. The maximum absolute atomic E-state index is 12.6. The lowest BCUT2D eigenvalue weighted by molar-refractivity contribution is -0.131. The fourth-order valence-corrected chi connectivity index (χ4v) is 4.13. The second kappa shape index (κ2) is 9.77. The number of benzene rings is 1. The second-order valence-corrected chi connectivity index (χ2v) is 7.85. The lowest BCUT2D eigenvalue weighted by atomic mass is 9.84. The molecule has 1 N–H and O–H groups in total. The molecule has 1 saturated carbocycles. The van der Waals surface area contributed by atoms with Crippen molar-refractivity contribution in [3.63, 3.8) is 0 Å². The third kappa shape index (κ3) is 5.47. The first kappa shape index (κ1) is 19.7. The first-order valence-electron chi connectivity index (χ1n) is 10.6. The van der Waals surface area contributed by atoms with Crippen LogP contribution in [0.15, 0.2) is 24.3 Å². The van der Waals surface area contributed by atoms with Crippen LogP contribution in [0.1, 0.15) is 62.5 Å². The van der Waals surface area contributed by atoms with Gasteiger partial charge in [-0.1, -0.05) is 50.5 Å². The van der Waals surface area contributed by atoms with Gasteiger partial charge >= 0.3 is 6.03 Å². The molecule has 0 spiro atoms. The van der Waals surface area contributed by atoms with Gasteiger partial charge < -0.3 is 15.1 Å². The van der Waals surface area contributed by atoms with Gasteiger partial charge in [-0.3, -0.25) is 4.79 Å². The quantitative estimate of drug-likeness (QED) is 0.861. The van der Waals surface area contributed by atoms with Crippen LogP contribution in [0.2, 0.25) is 0 Å². The minimum atomic E-state index is -0.0118. The van der Waals surface area contributed by atoms with Crippen LogP contribution >= 0.6 is 0 Å². The average Bonchev–Trinajstić information content (AvgIpc) is 2.73. The Hall–Kier alpha value is -2.04. The van der Waals surface area contributed by atoms with Crippen LogP contribution in [-0.4, -0.2) is 54.5 Å². The summed E-state index contributed by atoms with van der Waals surface area (Å²) in [4.78, 5) is 28.3. The van der Waals surface area contributed by atoms with E-state index in [0.29, 0.717) is 45.1 Å². The van der Waals surface area contributed by atoms with Crippen molar-refractivity contribution in [2.45, 2.75) is 57.8 Å². The van der Waals surface area contributed by atoms with Gasteiger partial charge in [0.05, 0.1) is 6.42 Å². The molecule has 5 nitrogen and oxygen atoms in total. The number of rotatable bonds is 5. The van der Waals surface area contributed by atoms with Crippen molar-refractivity contribution in [3.8, 4) is 0 Å². The van der Waals surface area contributed by atoms with Gasteiger partial charge in [0, 0.05) is 32.7 Å². The van der Waals surface area contributed by atoms with E-state index in [2.05, 4.69) is 29.6 Å². The van der Waals surface area contributed by atoms with Gasteiger partial charge in [0.1, 0.15) is 0 Å². The molecule has 0 unspecified atom stereocenters. The largest absolute Gasteiger partial charge is 0.339 e. The molecule has 1 saturated heterocycles. The van der Waals surface area contributed by atoms with Crippen LogP contribution in [0.3, 0.4) is 0 Å². The van der Waals surface area contributed by atoms with Gasteiger partial charge in [-0.15, -0.1) is 0 Å². The normalized spacial score (nSPS) is 18.4. The summed E-state index contributed by atoms with van der Waals surface area (Å²) in [6.07, 6.45) is 8.04. The highest BCUT2D eigenvalue weighted by Gasteiger charge is 2.24. The van der Waals surface area contributed by atoms with Crippen LogP contribution in [-0.2, 0) is 11.2 Å². The standard InChI is InChI=1S/C22H33N3O2/c1-2-12-23-22(27)25-15-13-24(14-16-25)21(26)17-18-8-10-20(11-9-18)19-6-4-3-5-7-19/h8-11,19H,2-7,12-17H2,1H3,(H,23,27). The Morgan fingerprint density at radius 3 is 2.22 bits per heavy atom. The third-order valence-corrected chi connectivity index (χ3v) is 5.86. The molecule has 5 heteroatoms. The molecule has 148 valence electrons. The molecule has 1 aliphatic carbocycles. The summed E-state index contributed by atoms with van der Waals surface area (Å²) in [6, 6.07) is 8.66. The van der Waals surface area contributed by atoms with Crippen molar-refractivity contribution >= 4 is 11.9 Å². The van der Waals surface area contributed by atoms with Crippen molar-refractivity contribution in [1.29, 1.82) is 0 Å². The average molecular weight is 372 g/mol. The van der Waals surface area contributed by atoms with Crippen LogP contribution < -0.4 is 5.32 Å². The molecule has 1 heterocycles. The van der Waals surface area contributed by atoms with E-state index in [4.69, 9.17) is 0 Å². The van der Waals surface area contributed by atoms with Crippen molar-refractivity contribution in [2.75, 3.05) is 32.7 Å². The molecule has 0 atom stereocenters. The lowest BCUT2D eigenvalue weighted by Gasteiger charge is -2.34. The zero-order valence-corrected chi connectivity index (χ0v) is 16.6. The molecule has 1 aromatic carbocycles. The van der Waals surface area contributed by atoms with E-state index in [1.807, 2.05) is 11.8 Å². The fraction of sp³-hybridized carbons (Fsp3) is 0.636. The molecule has 27 heavy (non-hydrogen) atoms. The number of urea groups is 1. The van der Waals surface area contributed by atoms with Gasteiger partial charge in [0.2, 0.25) is 5.91 Å². The Morgan fingerprint density at radius 1 is 0.963 bits per heavy atom. The summed E-state index contributed by atoms with van der Waals surface area (Å²) in [5, 5.41) is 2.90. The number of amides is 3. The number of carbonyl (C=O) groups is 2. The third-order valence-electron chi connectivity index (χ3n) is 5.86.